The fraction of sp³-hybridized carbons (Fsp3) is 0.286. The summed E-state index contributed by atoms with van der Waals surface area (Å²) in [6, 6.07) is 8.76. The summed E-state index contributed by atoms with van der Waals surface area (Å²) in [5.74, 6) is -0.352. The summed E-state index contributed by atoms with van der Waals surface area (Å²) < 4.78 is 0. The van der Waals surface area contributed by atoms with E-state index in [1.807, 2.05) is 6.07 Å². The number of pyridine rings is 1. The predicted octanol–water partition coefficient (Wildman–Crippen LogP) is 0.783. The molecule has 3 N–H and O–H groups in total. The molecule has 0 bridgehead atoms. The van der Waals surface area contributed by atoms with Gasteiger partial charge in [0.25, 0.3) is 11.5 Å². The van der Waals surface area contributed by atoms with Crippen LogP contribution in [0.1, 0.15) is 23.3 Å². The largest absolute Gasteiger partial charge is 0.394 e. The third-order valence-electron chi connectivity index (χ3n) is 3.53. The number of nitrogens with one attached hydrogen (secondary N) is 2. The van der Waals surface area contributed by atoms with Crippen LogP contribution in [0.3, 0.4) is 0 Å². The minimum absolute atomic E-state index is 0.0729. The van der Waals surface area contributed by atoms with E-state index < -0.39 is 5.54 Å². The number of aromatic nitrogens is 1. The maximum atomic E-state index is 12.1. The Bertz CT molecular complexity index is 701. The Morgan fingerprint density at radius 2 is 2.11 bits per heavy atom. The molecule has 1 aliphatic carbocycles. The van der Waals surface area contributed by atoms with Crippen molar-refractivity contribution in [3.63, 3.8) is 0 Å². The molecule has 0 radical (unpaired) electrons. The van der Waals surface area contributed by atoms with E-state index in [-0.39, 0.29) is 23.8 Å². The molecule has 1 aromatic heterocycles. The number of fused-ring (bicyclic) bond motifs is 1. The first-order valence-electron chi connectivity index (χ1n) is 6.19. The normalized spacial score (nSPS) is 16.3. The van der Waals surface area contributed by atoms with Gasteiger partial charge in [-0.25, -0.2) is 0 Å². The Morgan fingerprint density at radius 1 is 1.37 bits per heavy atom. The van der Waals surface area contributed by atoms with Gasteiger partial charge in [-0.3, -0.25) is 9.59 Å². The Kier molecular flexibility index (Phi) is 2.64. The van der Waals surface area contributed by atoms with Crippen LogP contribution in [0.4, 0.5) is 0 Å². The molecule has 0 aliphatic heterocycles. The summed E-state index contributed by atoms with van der Waals surface area (Å²) in [6.45, 7) is -0.0729. The lowest BCUT2D eigenvalue weighted by Gasteiger charge is -2.14. The van der Waals surface area contributed by atoms with Gasteiger partial charge in [0.15, 0.2) is 0 Å². The fourth-order valence-electron chi connectivity index (χ4n) is 2.11. The number of H-pyrrole nitrogens is 1. The molecule has 1 amide bonds. The van der Waals surface area contributed by atoms with E-state index >= 15 is 0 Å². The van der Waals surface area contributed by atoms with E-state index in [1.54, 1.807) is 24.3 Å². The average molecular weight is 258 g/mol. The number of aliphatic hydroxyl groups is 1. The summed E-state index contributed by atoms with van der Waals surface area (Å²) in [4.78, 5) is 26.5. The molecule has 98 valence electrons. The van der Waals surface area contributed by atoms with Gasteiger partial charge in [-0.05, 0) is 30.4 Å². The molecule has 19 heavy (non-hydrogen) atoms. The van der Waals surface area contributed by atoms with E-state index in [0.29, 0.717) is 5.39 Å². The third-order valence-corrected chi connectivity index (χ3v) is 3.53. The quantitative estimate of drug-likeness (QED) is 0.761. The van der Waals surface area contributed by atoms with Crippen molar-refractivity contribution in [1.82, 2.24) is 10.3 Å². The highest BCUT2D eigenvalue weighted by Crippen LogP contribution is 2.34. The smallest absolute Gasteiger partial charge is 0.268 e. The van der Waals surface area contributed by atoms with Crippen LogP contribution in [0, 0.1) is 0 Å². The second-order valence-corrected chi connectivity index (χ2v) is 4.99. The van der Waals surface area contributed by atoms with Crippen molar-refractivity contribution in [2.75, 3.05) is 6.61 Å². The maximum Gasteiger partial charge on any atom is 0.268 e. The van der Waals surface area contributed by atoms with E-state index in [2.05, 4.69) is 10.3 Å². The van der Waals surface area contributed by atoms with Crippen LogP contribution in [0.2, 0.25) is 0 Å². The standard InChI is InChI=1S/C14H14N2O3/c17-8-14(5-6-14)16-13(19)11-7-9-3-1-2-4-10(9)12(18)15-11/h1-4,7,17H,5-6,8H2,(H,15,18)(H,16,19). The number of carbonyl (C=O) groups excluding carboxylic acids is 1. The van der Waals surface area contributed by atoms with Gasteiger partial charge < -0.3 is 15.4 Å². The molecule has 0 saturated heterocycles. The lowest BCUT2D eigenvalue weighted by molar-refractivity contribution is 0.0901. The van der Waals surface area contributed by atoms with Gasteiger partial charge in [-0.1, -0.05) is 18.2 Å². The average Bonchev–Trinajstić information content (AvgIpc) is 3.19. The molecule has 5 heteroatoms. The van der Waals surface area contributed by atoms with Crippen LogP contribution >= 0.6 is 0 Å². The monoisotopic (exact) mass is 258 g/mol. The zero-order valence-electron chi connectivity index (χ0n) is 10.3. The van der Waals surface area contributed by atoms with Crippen molar-refractivity contribution < 1.29 is 9.90 Å². The molecular weight excluding hydrogens is 244 g/mol. The molecule has 5 nitrogen and oxygen atoms in total. The minimum Gasteiger partial charge on any atom is -0.394 e. The molecule has 1 saturated carbocycles. The van der Waals surface area contributed by atoms with Crippen LogP contribution < -0.4 is 10.9 Å². The van der Waals surface area contributed by atoms with Crippen molar-refractivity contribution in [1.29, 1.82) is 0 Å². The van der Waals surface area contributed by atoms with Crippen LogP contribution in [-0.2, 0) is 0 Å². The first-order valence-corrected chi connectivity index (χ1v) is 6.19. The number of hydrogen-bond donors (Lipinski definition) is 3. The van der Waals surface area contributed by atoms with Gasteiger partial charge in [-0.2, -0.15) is 0 Å². The van der Waals surface area contributed by atoms with Crippen LogP contribution in [0.5, 0.6) is 0 Å². The highest BCUT2D eigenvalue weighted by molar-refractivity contribution is 5.96. The molecule has 1 aromatic carbocycles. The van der Waals surface area contributed by atoms with Crippen LogP contribution in [0.25, 0.3) is 10.8 Å². The molecule has 2 aromatic rings. The van der Waals surface area contributed by atoms with Crippen molar-refractivity contribution >= 4 is 16.7 Å². The SMILES string of the molecule is O=C(NC1(CO)CC1)c1cc2ccccc2c(=O)[nH]1. The molecule has 3 rings (SSSR count). The van der Waals surface area contributed by atoms with Gasteiger partial charge in [0, 0.05) is 5.39 Å². The van der Waals surface area contributed by atoms with Crippen molar-refractivity contribution in [2.45, 2.75) is 18.4 Å². The third kappa shape index (κ3) is 2.13. The minimum atomic E-state index is -0.486. The van der Waals surface area contributed by atoms with Gasteiger partial charge in [0.2, 0.25) is 0 Å². The Labute approximate surface area is 109 Å². The molecule has 0 spiro atoms. The van der Waals surface area contributed by atoms with E-state index in [4.69, 9.17) is 0 Å². The molecule has 1 fully saturated rings. The molecule has 0 unspecified atom stereocenters. The number of benzene rings is 1. The topological polar surface area (TPSA) is 82.2 Å². The number of hydrogen-bond acceptors (Lipinski definition) is 3. The lowest BCUT2D eigenvalue weighted by atomic mass is 10.1. The van der Waals surface area contributed by atoms with Gasteiger partial charge in [-0.15, -0.1) is 0 Å². The fourth-order valence-corrected chi connectivity index (χ4v) is 2.11. The number of rotatable bonds is 3. The molecule has 1 aliphatic rings. The maximum absolute atomic E-state index is 12.1. The highest BCUT2D eigenvalue weighted by atomic mass is 16.3. The van der Waals surface area contributed by atoms with Crippen LogP contribution in [0.15, 0.2) is 35.1 Å². The van der Waals surface area contributed by atoms with Gasteiger partial charge in [0.05, 0.1) is 12.1 Å². The highest BCUT2D eigenvalue weighted by Gasteiger charge is 2.43. The summed E-state index contributed by atoms with van der Waals surface area (Å²) in [5.41, 5.74) is -0.542. The van der Waals surface area contributed by atoms with E-state index in [0.717, 1.165) is 18.2 Å². The Hall–Kier alpha value is -2.14. The number of aromatic amines is 1. The van der Waals surface area contributed by atoms with E-state index in [9.17, 15) is 14.7 Å². The number of amides is 1. The van der Waals surface area contributed by atoms with Gasteiger partial charge >= 0.3 is 0 Å². The molecular formula is C14H14N2O3. The summed E-state index contributed by atoms with van der Waals surface area (Å²) in [6.07, 6.45) is 1.54. The zero-order chi connectivity index (χ0) is 13.5. The summed E-state index contributed by atoms with van der Waals surface area (Å²) >= 11 is 0. The molecule has 1 heterocycles. The summed E-state index contributed by atoms with van der Waals surface area (Å²) in [5, 5.41) is 13.2. The van der Waals surface area contributed by atoms with Crippen molar-refractivity contribution in [3.8, 4) is 0 Å². The first-order chi connectivity index (χ1) is 9.13. The second kappa shape index (κ2) is 4.20. The Balaban J connectivity index is 1.97. The van der Waals surface area contributed by atoms with E-state index in [1.165, 1.54) is 0 Å². The Morgan fingerprint density at radius 3 is 2.79 bits per heavy atom. The first kappa shape index (κ1) is 11.9. The molecule has 0 atom stereocenters. The predicted molar refractivity (Wildman–Crippen MR) is 71.1 cm³/mol. The van der Waals surface area contributed by atoms with Gasteiger partial charge in [0.1, 0.15) is 5.69 Å². The lowest BCUT2D eigenvalue weighted by Crippen LogP contribution is -2.40. The second-order valence-electron chi connectivity index (χ2n) is 4.99. The van der Waals surface area contributed by atoms with Crippen molar-refractivity contribution in [2.24, 2.45) is 0 Å². The summed E-state index contributed by atoms with van der Waals surface area (Å²) in [7, 11) is 0. The van der Waals surface area contributed by atoms with Crippen molar-refractivity contribution in [3.05, 3.63) is 46.4 Å². The number of carbonyl (C=O) groups is 1. The van der Waals surface area contributed by atoms with Crippen LogP contribution in [-0.4, -0.2) is 28.1 Å². The number of aliphatic hydroxyl groups excluding tert-OH is 1. The zero-order valence-corrected chi connectivity index (χ0v) is 10.3.